The molecule has 1 rings (SSSR count). The quantitative estimate of drug-likeness (QED) is 0.648. The van der Waals surface area contributed by atoms with E-state index in [0.29, 0.717) is 0 Å². The first-order chi connectivity index (χ1) is 5.20. The second kappa shape index (κ2) is 3.24. The fraction of sp³-hybridized carbons (Fsp3) is 0.750. The maximum absolute atomic E-state index is 8.93. The minimum Gasteiger partial charge on any atom is -0.469 e. The normalized spacial score (nSPS) is 30.9. The minimum atomic E-state index is -0.211. The molecule has 0 saturated heterocycles. The maximum Gasteiger partial charge on any atom is 0.205 e. The highest BCUT2D eigenvalue weighted by molar-refractivity contribution is 5.15. The highest BCUT2D eigenvalue weighted by atomic mass is 16.7. The van der Waals surface area contributed by atoms with Crippen LogP contribution in [0.25, 0.3) is 0 Å². The molecule has 1 aliphatic rings. The van der Waals surface area contributed by atoms with Crippen molar-refractivity contribution in [3.8, 4) is 0 Å². The molecule has 0 spiro atoms. The van der Waals surface area contributed by atoms with Crippen LogP contribution in [0.2, 0.25) is 0 Å². The topological polar surface area (TPSA) is 38.7 Å². The first kappa shape index (κ1) is 8.56. The predicted octanol–water partition coefficient (Wildman–Crippen LogP) is 0.891. The van der Waals surface area contributed by atoms with Crippen LogP contribution in [-0.2, 0) is 9.47 Å². The van der Waals surface area contributed by atoms with Crippen molar-refractivity contribution >= 4 is 0 Å². The van der Waals surface area contributed by atoms with Gasteiger partial charge in [-0.05, 0) is 6.92 Å². The molecule has 3 heteroatoms. The first-order valence-electron chi connectivity index (χ1n) is 3.70. The molecule has 3 nitrogen and oxygen atoms in total. The summed E-state index contributed by atoms with van der Waals surface area (Å²) in [6.07, 6.45) is -0.211. The van der Waals surface area contributed by atoms with Crippen molar-refractivity contribution in [2.75, 3.05) is 13.7 Å². The van der Waals surface area contributed by atoms with Gasteiger partial charge in [0.1, 0.15) is 0 Å². The third-order valence-corrected chi connectivity index (χ3v) is 2.11. The lowest BCUT2D eigenvalue weighted by Crippen LogP contribution is -2.18. The summed E-state index contributed by atoms with van der Waals surface area (Å²) in [5, 5.41) is 8.93. The maximum atomic E-state index is 8.93. The molecule has 11 heavy (non-hydrogen) atoms. The standard InChI is InChI=1S/C8H14O3/c1-5-7(4-9)6(2)11-8(5)10-3/h5,8-9H,4H2,1-3H3. The van der Waals surface area contributed by atoms with Crippen LogP contribution in [0.4, 0.5) is 0 Å². The average molecular weight is 158 g/mol. The Labute approximate surface area is 66.6 Å². The average Bonchev–Trinajstić information content (AvgIpc) is 2.26. The summed E-state index contributed by atoms with van der Waals surface area (Å²) in [6.45, 7) is 3.89. The molecule has 2 unspecified atom stereocenters. The Kier molecular flexibility index (Phi) is 2.52. The van der Waals surface area contributed by atoms with Crippen molar-refractivity contribution in [3.63, 3.8) is 0 Å². The van der Waals surface area contributed by atoms with Gasteiger partial charge in [-0.2, -0.15) is 0 Å². The van der Waals surface area contributed by atoms with Crippen molar-refractivity contribution in [3.05, 3.63) is 11.3 Å². The lowest BCUT2D eigenvalue weighted by molar-refractivity contribution is -0.0978. The van der Waals surface area contributed by atoms with E-state index in [2.05, 4.69) is 0 Å². The highest BCUT2D eigenvalue weighted by Gasteiger charge is 2.30. The van der Waals surface area contributed by atoms with Gasteiger partial charge in [0, 0.05) is 18.6 Å². The van der Waals surface area contributed by atoms with Crippen molar-refractivity contribution in [2.45, 2.75) is 20.1 Å². The van der Waals surface area contributed by atoms with Crippen LogP contribution in [0.5, 0.6) is 0 Å². The molecule has 1 N–H and O–H groups in total. The fourth-order valence-corrected chi connectivity index (χ4v) is 1.34. The van der Waals surface area contributed by atoms with Crippen molar-refractivity contribution in [1.29, 1.82) is 0 Å². The number of allylic oxidation sites excluding steroid dienone is 1. The summed E-state index contributed by atoms with van der Waals surface area (Å²) in [7, 11) is 1.61. The number of hydrogen-bond donors (Lipinski definition) is 1. The largest absolute Gasteiger partial charge is 0.469 e. The fourth-order valence-electron chi connectivity index (χ4n) is 1.34. The Bertz CT molecular complexity index is 174. The molecular weight excluding hydrogens is 144 g/mol. The Balaban J connectivity index is 2.69. The zero-order valence-electron chi connectivity index (χ0n) is 7.13. The van der Waals surface area contributed by atoms with Crippen LogP contribution in [0.3, 0.4) is 0 Å². The summed E-state index contributed by atoms with van der Waals surface area (Å²) in [5.74, 6) is 0.969. The monoisotopic (exact) mass is 158 g/mol. The molecule has 0 fully saturated rings. The van der Waals surface area contributed by atoms with E-state index in [9.17, 15) is 0 Å². The number of ether oxygens (including phenoxy) is 2. The highest BCUT2D eigenvalue weighted by Crippen LogP contribution is 2.30. The van der Waals surface area contributed by atoms with Gasteiger partial charge < -0.3 is 14.6 Å². The number of hydrogen-bond acceptors (Lipinski definition) is 3. The molecule has 2 atom stereocenters. The van der Waals surface area contributed by atoms with Crippen molar-refractivity contribution in [2.24, 2.45) is 5.92 Å². The zero-order valence-corrected chi connectivity index (χ0v) is 7.13. The molecule has 0 aromatic carbocycles. The molecule has 1 aliphatic heterocycles. The van der Waals surface area contributed by atoms with E-state index in [0.717, 1.165) is 11.3 Å². The molecular formula is C8H14O3. The summed E-state index contributed by atoms with van der Waals surface area (Å²) in [5.41, 5.74) is 0.942. The van der Waals surface area contributed by atoms with Crippen LogP contribution in [0.1, 0.15) is 13.8 Å². The van der Waals surface area contributed by atoms with E-state index < -0.39 is 0 Å². The number of aliphatic hydroxyl groups is 1. The van der Waals surface area contributed by atoms with Gasteiger partial charge in [0.2, 0.25) is 6.29 Å². The lowest BCUT2D eigenvalue weighted by Gasteiger charge is -2.14. The van der Waals surface area contributed by atoms with Gasteiger partial charge in [0.25, 0.3) is 0 Å². The van der Waals surface area contributed by atoms with E-state index >= 15 is 0 Å². The molecule has 0 aliphatic carbocycles. The van der Waals surface area contributed by atoms with Crippen molar-refractivity contribution < 1.29 is 14.6 Å². The van der Waals surface area contributed by atoms with E-state index in [4.69, 9.17) is 14.6 Å². The minimum absolute atomic E-state index is 0.0624. The SMILES string of the molecule is COC1OC(C)=C(CO)C1C. The van der Waals surface area contributed by atoms with E-state index in [1.54, 1.807) is 7.11 Å². The third kappa shape index (κ3) is 1.39. The summed E-state index contributed by atoms with van der Waals surface area (Å²) in [6, 6.07) is 0. The predicted molar refractivity (Wildman–Crippen MR) is 40.8 cm³/mol. The van der Waals surface area contributed by atoms with E-state index in [1.165, 1.54) is 0 Å². The Morgan fingerprint density at radius 1 is 1.64 bits per heavy atom. The molecule has 64 valence electrons. The number of methoxy groups -OCH3 is 1. The number of rotatable bonds is 2. The van der Waals surface area contributed by atoms with Gasteiger partial charge in [-0.25, -0.2) is 0 Å². The molecule has 0 aromatic heterocycles. The van der Waals surface area contributed by atoms with Crippen molar-refractivity contribution in [1.82, 2.24) is 0 Å². The van der Waals surface area contributed by atoms with Gasteiger partial charge in [0.15, 0.2) is 0 Å². The van der Waals surface area contributed by atoms with Gasteiger partial charge in [-0.1, -0.05) is 6.92 Å². The summed E-state index contributed by atoms with van der Waals surface area (Å²) in [4.78, 5) is 0. The summed E-state index contributed by atoms with van der Waals surface area (Å²) < 4.78 is 10.4. The Hall–Kier alpha value is -0.540. The van der Waals surface area contributed by atoms with Gasteiger partial charge in [-0.3, -0.25) is 0 Å². The number of aliphatic hydroxyl groups excluding tert-OH is 1. The van der Waals surface area contributed by atoms with E-state index in [-0.39, 0.29) is 18.8 Å². The molecule has 0 bridgehead atoms. The van der Waals surface area contributed by atoms with E-state index in [1.807, 2.05) is 13.8 Å². The van der Waals surface area contributed by atoms with Crippen LogP contribution in [-0.4, -0.2) is 25.1 Å². The van der Waals surface area contributed by atoms with Crippen LogP contribution in [0, 0.1) is 5.92 Å². The lowest BCUT2D eigenvalue weighted by atomic mass is 10.0. The smallest absolute Gasteiger partial charge is 0.205 e. The van der Waals surface area contributed by atoms with Crippen LogP contribution in [0.15, 0.2) is 11.3 Å². The van der Waals surface area contributed by atoms with Gasteiger partial charge in [0.05, 0.1) is 12.4 Å². The Morgan fingerprint density at radius 3 is 2.55 bits per heavy atom. The Morgan fingerprint density at radius 2 is 2.27 bits per heavy atom. The van der Waals surface area contributed by atoms with Crippen LogP contribution >= 0.6 is 0 Å². The molecule has 0 aromatic rings. The van der Waals surface area contributed by atoms with Gasteiger partial charge in [-0.15, -0.1) is 0 Å². The van der Waals surface area contributed by atoms with Crippen LogP contribution < -0.4 is 0 Å². The summed E-state index contributed by atoms with van der Waals surface area (Å²) >= 11 is 0. The first-order valence-corrected chi connectivity index (χ1v) is 3.70. The molecule has 0 radical (unpaired) electrons. The third-order valence-electron chi connectivity index (χ3n) is 2.11. The second-order valence-electron chi connectivity index (χ2n) is 2.75. The second-order valence-corrected chi connectivity index (χ2v) is 2.75. The molecule has 0 amide bonds. The molecule has 1 heterocycles. The van der Waals surface area contributed by atoms with Gasteiger partial charge >= 0.3 is 0 Å². The zero-order chi connectivity index (χ0) is 8.43. The molecule has 0 saturated carbocycles.